The topological polar surface area (TPSA) is 63.5 Å². The molecule has 168 valence electrons. The van der Waals surface area contributed by atoms with Crippen LogP contribution in [0.5, 0.6) is 11.5 Å². The van der Waals surface area contributed by atoms with Crippen molar-refractivity contribution in [2.45, 2.75) is 32.4 Å². The Morgan fingerprint density at radius 2 is 1.94 bits per heavy atom. The van der Waals surface area contributed by atoms with Crippen molar-refractivity contribution in [3.63, 3.8) is 0 Å². The van der Waals surface area contributed by atoms with Crippen LogP contribution in [0.25, 0.3) is 11.1 Å². The zero-order valence-corrected chi connectivity index (χ0v) is 19.3. The second kappa shape index (κ2) is 9.63. The number of ether oxygens (including phenoxy) is 1. The van der Waals surface area contributed by atoms with E-state index in [4.69, 9.17) is 4.74 Å². The number of aromatic nitrogens is 3. The van der Waals surface area contributed by atoms with Crippen LogP contribution in [-0.2, 0) is 13.6 Å². The van der Waals surface area contributed by atoms with E-state index in [9.17, 15) is 4.79 Å². The molecular formula is C25H31N5O2. The molecule has 0 aliphatic carbocycles. The Morgan fingerprint density at radius 1 is 1.12 bits per heavy atom. The summed E-state index contributed by atoms with van der Waals surface area (Å²) in [5.41, 5.74) is 3.46. The molecule has 0 amide bonds. The first-order valence-electron chi connectivity index (χ1n) is 11.1. The summed E-state index contributed by atoms with van der Waals surface area (Å²) in [5, 5.41) is 4.29. The molecule has 0 spiro atoms. The summed E-state index contributed by atoms with van der Waals surface area (Å²) in [6.07, 6.45) is 5.78. The minimum atomic E-state index is -0.274. The van der Waals surface area contributed by atoms with Gasteiger partial charge in [-0.2, -0.15) is 5.10 Å². The lowest BCUT2D eigenvalue weighted by Crippen LogP contribution is -2.37. The van der Waals surface area contributed by atoms with Crippen molar-refractivity contribution in [3.8, 4) is 22.6 Å². The van der Waals surface area contributed by atoms with Crippen LogP contribution in [0.4, 0.5) is 0 Å². The largest absolute Gasteiger partial charge is 0.449 e. The maximum absolute atomic E-state index is 13.0. The summed E-state index contributed by atoms with van der Waals surface area (Å²) >= 11 is 0. The number of benzene rings is 1. The van der Waals surface area contributed by atoms with Crippen LogP contribution >= 0.6 is 0 Å². The van der Waals surface area contributed by atoms with E-state index in [2.05, 4.69) is 46.1 Å². The van der Waals surface area contributed by atoms with Gasteiger partial charge in [0.2, 0.25) is 5.75 Å². The van der Waals surface area contributed by atoms with Gasteiger partial charge in [-0.05, 0) is 63.7 Å². The highest BCUT2D eigenvalue weighted by atomic mass is 16.5. The Bertz CT molecular complexity index is 1120. The van der Waals surface area contributed by atoms with E-state index in [1.165, 1.54) is 23.1 Å². The van der Waals surface area contributed by atoms with Crippen LogP contribution < -0.4 is 10.3 Å². The Hall–Kier alpha value is -3.03. The summed E-state index contributed by atoms with van der Waals surface area (Å²) < 4.78 is 7.38. The van der Waals surface area contributed by atoms with Gasteiger partial charge in [0.25, 0.3) is 0 Å². The second-order valence-corrected chi connectivity index (χ2v) is 8.74. The van der Waals surface area contributed by atoms with E-state index in [0.29, 0.717) is 17.4 Å². The van der Waals surface area contributed by atoms with Crippen molar-refractivity contribution in [2.24, 2.45) is 7.05 Å². The molecule has 0 saturated carbocycles. The molecule has 0 bridgehead atoms. The van der Waals surface area contributed by atoms with Crippen LogP contribution in [0, 0.1) is 6.92 Å². The number of likely N-dealkylation sites (tertiary alicyclic amines) is 1. The Morgan fingerprint density at radius 3 is 2.69 bits per heavy atom. The fraction of sp³-hybridized carbons (Fsp3) is 0.400. The van der Waals surface area contributed by atoms with Gasteiger partial charge in [-0.25, -0.2) is 4.68 Å². The number of nitrogens with zero attached hydrogens (tertiary/aromatic N) is 5. The van der Waals surface area contributed by atoms with Crippen molar-refractivity contribution in [1.82, 2.24) is 24.6 Å². The van der Waals surface area contributed by atoms with Crippen molar-refractivity contribution >= 4 is 0 Å². The van der Waals surface area contributed by atoms with Crippen molar-refractivity contribution < 1.29 is 4.74 Å². The van der Waals surface area contributed by atoms with Gasteiger partial charge in [0, 0.05) is 31.9 Å². The van der Waals surface area contributed by atoms with E-state index in [0.717, 1.165) is 30.9 Å². The smallest absolute Gasteiger partial charge is 0.310 e. The van der Waals surface area contributed by atoms with Crippen LogP contribution in [-0.4, -0.2) is 57.8 Å². The summed E-state index contributed by atoms with van der Waals surface area (Å²) in [5.74, 6) is 0.801. The summed E-state index contributed by atoms with van der Waals surface area (Å²) in [7, 11) is 5.88. The first-order valence-corrected chi connectivity index (χ1v) is 11.1. The summed E-state index contributed by atoms with van der Waals surface area (Å²) in [6, 6.07) is 12.5. The molecule has 1 atom stereocenters. The van der Waals surface area contributed by atoms with Crippen molar-refractivity contribution in [2.75, 3.05) is 27.2 Å². The maximum Gasteiger partial charge on any atom is 0.310 e. The van der Waals surface area contributed by atoms with Gasteiger partial charge in [0.1, 0.15) is 5.75 Å². The number of hydrogen-bond acceptors (Lipinski definition) is 6. The Balaban J connectivity index is 1.71. The molecule has 4 rings (SSSR count). The van der Waals surface area contributed by atoms with Gasteiger partial charge in [-0.15, -0.1) is 0 Å². The summed E-state index contributed by atoms with van der Waals surface area (Å²) in [6.45, 7) is 4.87. The molecular weight excluding hydrogens is 402 g/mol. The SMILES string of the molecule is Cc1ccc(Oc2c(-c3ccccc3CN3CCCC3CN(C)C)cnn(C)c2=O)cn1. The fourth-order valence-electron chi connectivity index (χ4n) is 4.31. The molecule has 1 aliphatic heterocycles. The molecule has 32 heavy (non-hydrogen) atoms. The highest BCUT2D eigenvalue weighted by molar-refractivity contribution is 5.72. The molecule has 7 nitrogen and oxygen atoms in total. The average molecular weight is 434 g/mol. The Labute approximate surface area is 189 Å². The quantitative estimate of drug-likeness (QED) is 0.569. The van der Waals surface area contributed by atoms with E-state index >= 15 is 0 Å². The van der Waals surface area contributed by atoms with Crippen molar-refractivity contribution in [3.05, 3.63) is 70.4 Å². The number of pyridine rings is 1. The number of hydrogen-bond donors (Lipinski definition) is 0. The first-order chi connectivity index (χ1) is 15.4. The predicted octanol–water partition coefficient (Wildman–Crippen LogP) is 3.47. The predicted molar refractivity (Wildman–Crippen MR) is 126 cm³/mol. The molecule has 1 saturated heterocycles. The lowest BCUT2D eigenvalue weighted by Gasteiger charge is -2.28. The molecule has 0 N–H and O–H groups in total. The zero-order valence-electron chi connectivity index (χ0n) is 19.3. The maximum atomic E-state index is 13.0. The molecule has 3 heterocycles. The number of rotatable bonds is 7. The standard InChI is InChI=1S/C25H31N5O2/c1-18-11-12-21(14-26-18)32-24-23(15-27-29(4)25(24)31)22-10-6-5-8-19(22)16-30-13-7-9-20(30)17-28(2)3/h5-6,8,10-12,14-15,20H,7,9,13,16-17H2,1-4H3. The Kier molecular flexibility index (Phi) is 6.67. The molecule has 1 aliphatic rings. The van der Waals surface area contributed by atoms with E-state index in [1.807, 2.05) is 31.2 Å². The lowest BCUT2D eigenvalue weighted by atomic mass is 10.00. The van der Waals surface area contributed by atoms with Gasteiger partial charge in [-0.1, -0.05) is 24.3 Å². The normalized spacial score (nSPS) is 16.6. The van der Waals surface area contributed by atoms with Gasteiger partial charge in [0.05, 0.1) is 18.0 Å². The zero-order chi connectivity index (χ0) is 22.7. The molecule has 2 aromatic heterocycles. The van der Waals surface area contributed by atoms with Gasteiger partial charge < -0.3 is 9.64 Å². The van der Waals surface area contributed by atoms with Crippen LogP contribution in [0.15, 0.2) is 53.6 Å². The van der Waals surface area contributed by atoms with Gasteiger partial charge >= 0.3 is 5.56 Å². The molecule has 7 heteroatoms. The fourth-order valence-corrected chi connectivity index (χ4v) is 4.31. The molecule has 1 aromatic carbocycles. The van der Waals surface area contributed by atoms with E-state index in [1.54, 1.807) is 19.4 Å². The highest BCUT2D eigenvalue weighted by Crippen LogP contribution is 2.33. The second-order valence-electron chi connectivity index (χ2n) is 8.74. The minimum Gasteiger partial charge on any atom is -0.449 e. The van der Waals surface area contributed by atoms with E-state index < -0.39 is 0 Å². The third kappa shape index (κ3) is 4.89. The van der Waals surface area contributed by atoms with Gasteiger partial charge in [0.15, 0.2) is 0 Å². The monoisotopic (exact) mass is 433 g/mol. The average Bonchev–Trinajstić information content (AvgIpc) is 3.19. The van der Waals surface area contributed by atoms with Crippen LogP contribution in [0.3, 0.4) is 0 Å². The number of aryl methyl sites for hydroxylation is 2. The summed E-state index contributed by atoms with van der Waals surface area (Å²) in [4.78, 5) is 22.1. The third-order valence-corrected chi connectivity index (χ3v) is 5.95. The van der Waals surface area contributed by atoms with Crippen LogP contribution in [0.1, 0.15) is 24.1 Å². The van der Waals surface area contributed by atoms with E-state index in [-0.39, 0.29) is 11.3 Å². The molecule has 3 aromatic rings. The van der Waals surface area contributed by atoms with Crippen LogP contribution in [0.2, 0.25) is 0 Å². The minimum absolute atomic E-state index is 0.270. The molecule has 1 unspecified atom stereocenters. The number of likely N-dealkylation sites (N-methyl/N-ethyl adjacent to an activating group) is 1. The first kappa shape index (κ1) is 22.2. The van der Waals surface area contributed by atoms with Gasteiger partial charge in [-0.3, -0.25) is 14.7 Å². The molecule has 1 fully saturated rings. The highest BCUT2D eigenvalue weighted by Gasteiger charge is 2.26. The van der Waals surface area contributed by atoms with Crippen molar-refractivity contribution in [1.29, 1.82) is 0 Å². The molecule has 0 radical (unpaired) electrons. The lowest BCUT2D eigenvalue weighted by molar-refractivity contribution is 0.201. The third-order valence-electron chi connectivity index (χ3n) is 5.95.